The molecular formula is C10H14FNO. The van der Waals surface area contributed by atoms with Crippen molar-refractivity contribution in [3.05, 3.63) is 35.6 Å². The van der Waals surface area contributed by atoms with Gasteiger partial charge in [0.05, 0.1) is 0 Å². The second-order valence-corrected chi connectivity index (χ2v) is 3.03. The van der Waals surface area contributed by atoms with E-state index in [1.54, 1.807) is 12.1 Å². The molecule has 0 bridgehead atoms. The Balaban J connectivity index is 2.60. The average molecular weight is 183 g/mol. The lowest BCUT2D eigenvalue weighted by Gasteiger charge is -2.10. The van der Waals surface area contributed by atoms with Gasteiger partial charge >= 0.3 is 0 Å². The van der Waals surface area contributed by atoms with Crippen LogP contribution < -0.4 is 5.73 Å². The highest BCUT2D eigenvalue weighted by molar-refractivity contribution is 5.19. The Kier molecular flexibility index (Phi) is 3.86. The Morgan fingerprint density at radius 3 is 2.85 bits per heavy atom. The molecule has 0 unspecified atom stereocenters. The van der Waals surface area contributed by atoms with E-state index < -0.39 is 0 Å². The van der Waals surface area contributed by atoms with Gasteiger partial charge in [-0.3, -0.25) is 0 Å². The summed E-state index contributed by atoms with van der Waals surface area (Å²) in [7, 11) is 0. The Labute approximate surface area is 77.2 Å². The van der Waals surface area contributed by atoms with E-state index in [1.165, 1.54) is 12.1 Å². The molecular weight excluding hydrogens is 169 g/mol. The summed E-state index contributed by atoms with van der Waals surface area (Å²) in [5.41, 5.74) is 6.56. The van der Waals surface area contributed by atoms with Crippen molar-refractivity contribution in [1.29, 1.82) is 0 Å². The fourth-order valence-corrected chi connectivity index (χ4v) is 1.22. The van der Waals surface area contributed by atoms with Crippen LogP contribution in [0.1, 0.15) is 24.4 Å². The molecule has 1 aromatic rings. The second kappa shape index (κ2) is 4.94. The minimum Gasteiger partial charge on any atom is -0.396 e. The van der Waals surface area contributed by atoms with Crippen LogP contribution in [0, 0.1) is 5.82 Å². The summed E-state index contributed by atoms with van der Waals surface area (Å²) in [6.07, 6.45) is 1.33. The standard InChI is InChI=1S/C10H14FNO/c11-9-4-1-3-8(7-9)10(12)5-2-6-13/h1,3-4,7,10,13H,2,5-6,12H2/t10-/m1/s1. The molecule has 1 rings (SSSR count). The van der Waals surface area contributed by atoms with E-state index >= 15 is 0 Å². The van der Waals surface area contributed by atoms with Gasteiger partial charge in [0.15, 0.2) is 0 Å². The lowest BCUT2D eigenvalue weighted by molar-refractivity contribution is 0.280. The highest BCUT2D eigenvalue weighted by Gasteiger charge is 2.05. The summed E-state index contributed by atoms with van der Waals surface area (Å²) < 4.78 is 12.7. The fourth-order valence-electron chi connectivity index (χ4n) is 1.22. The second-order valence-electron chi connectivity index (χ2n) is 3.03. The van der Waals surface area contributed by atoms with Crippen LogP contribution in [0.5, 0.6) is 0 Å². The largest absolute Gasteiger partial charge is 0.396 e. The lowest BCUT2D eigenvalue weighted by atomic mass is 10.0. The van der Waals surface area contributed by atoms with E-state index in [9.17, 15) is 4.39 Å². The molecule has 1 aromatic carbocycles. The van der Waals surface area contributed by atoms with Crippen LogP contribution in [0.15, 0.2) is 24.3 Å². The molecule has 0 aliphatic heterocycles. The predicted molar refractivity (Wildman–Crippen MR) is 49.6 cm³/mol. The van der Waals surface area contributed by atoms with Crippen LogP contribution in [0.3, 0.4) is 0 Å². The monoisotopic (exact) mass is 183 g/mol. The molecule has 0 saturated heterocycles. The molecule has 1 atom stereocenters. The lowest BCUT2D eigenvalue weighted by Crippen LogP contribution is -2.10. The number of aliphatic hydroxyl groups is 1. The van der Waals surface area contributed by atoms with Crippen molar-refractivity contribution in [3.63, 3.8) is 0 Å². The molecule has 0 aliphatic rings. The van der Waals surface area contributed by atoms with Gasteiger partial charge in [-0.25, -0.2) is 4.39 Å². The number of hydrogen-bond acceptors (Lipinski definition) is 2. The van der Waals surface area contributed by atoms with Crippen LogP contribution in [0.2, 0.25) is 0 Å². The molecule has 3 N–H and O–H groups in total. The highest BCUT2D eigenvalue weighted by atomic mass is 19.1. The van der Waals surface area contributed by atoms with Crippen molar-refractivity contribution in [1.82, 2.24) is 0 Å². The van der Waals surface area contributed by atoms with Crippen LogP contribution >= 0.6 is 0 Å². The smallest absolute Gasteiger partial charge is 0.123 e. The fraction of sp³-hybridized carbons (Fsp3) is 0.400. The zero-order valence-electron chi connectivity index (χ0n) is 7.41. The van der Waals surface area contributed by atoms with Gasteiger partial charge in [-0.15, -0.1) is 0 Å². The SMILES string of the molecule is N[C@H](CCCO)c1cccc(F)c1. The van der Waals surface area contributed by atoms with Crippen LogP contribution in [-0.2, 0) is 0 Å². The van der Waals surface area contributed by atoms with E-state index in [1.807, 2.05) is 0 Å². The van der Waals surface area contributed by atoms with Crippen molar-refractivity contribution < 1.29 is 9.50 Å². The highest BCUT2D eigenvalue weighted by Crippen LogP contribution is 2.15. The summed E-state index contributed by atoms with van der Waals surface area (Å²) in [5, 5.41) is 8.59. The van der Waals surface area contributed by atoms with Crippen molar-refractivity contribution in [2.45, 2.75) is 18.9 Å². The topological polar surface area (TPSA) is 46.2 Å². The minimum atomic E-state index is -0.267. The van der Waals surface area contributed by atoms with Crippen molar-refractivity contribution in [2.75, 3.05) is 6.61 Å². The molecule has 13 heavy (non-hydrogen) atoms. The Hall–Kier alpha value is -0.930. The quantitative estimate of drug-likeness (QED) is 0.744. The third-order valence-electron chi connectivity index (χ3n) is 1.95. The number of halogens is 1. The first-order chi connectivity index (χ1) is 6.24. The molecule has 0 spiro atoms. The van der Waals surface area contributed by atoms with Gasteiger partial charge in [0, 0.05) is 12.6 Å². The van der Waals surface area contributed by atoms with E-state index in [2.05, 4.69) is 0 Å². The van der Waals surface area contributed by atoms with E-state index in [-0.39, 0.29) is 18.5 Å². The number of benzene rings is 1. The van der Waals surface area contributed by atoms with Gasteiger partial charge < -0.3 is 10.8 Å². The molecule has 2 nitrogen and oxygen atoms in total. The number of nitrogens with two attached hydrogens (primary N) is 1. The van der Waals surface area contributed by atoms with Gasteiger partial charge in [0.2, 0.25) is 0 Å². The molecule has 72 valence electrons. The summed E-state index contributed by atoms with van der Waals surface area (Å²) in [5.74, 6) is -0.267. The number of rotatable bonds is 4. The van der Waals surface area contributed by atoms with E-state index in [4.69, 9.17) is 10.8 Å². The molecule has 0 amide bonds. The Bertz CT molecular complexity index is 265. The maximum absolute atomic E-state index is 12.7. The van der Waals surface area contributed by atoms with Crippen LogP contribution in [-0.4, -0.2) is 11.7 Å². The summed E-state index contributed by atoms with van der Waals surface area (Å²) >= 11 is 0. The van der Waals surface area contributed by atoms with Gasteiger partial charge in [-0.1, -0.05) is 12.1 Å². The molecule has 0 heterocycles. The zero-order valence-corrected chi connectivity index (χ0v) is 7.41. The average Bonchev–Trinajstić information content (AvgIpc) is 2.14. The molecule has 0 aliphatic carbocycles. The molecule has 0 radical (unpaired) electrons. The van der Waals surface area contributed by atoms with Crippen molar-refractivity contribution in [2.24, 2.45) is 5.73 Å². The Morgan fingerprint density at radius 2 is 2.23 bits per heavy atom. The molecule has 0 aromatic heterocycles. The van der Waals surface area contributed by atoms with Crippen molar-refractivity contribution >= 4 is 0 Å². The van der Waals surface area contributed by atoms with Crippen LogP contribution in [0.25, 0.3) is 0 Å². The van der Waals surface area contributed by atoms with Crippen molar-refractivity contribution in [3.8, 4) is 0 Å². The third kappa shape index (κ3) is 3.13. The van der Waals surface area contributed by atoms with Gasteiger partial charge in [-0.05, 0) is 30.5 Å². The molecule has 0 fully saturated rings. The Morgan fingerprint density at radius 1 is 1.46 bits per heavy atom. The molecule has 3 heteroatoms. The summed E-state index contributed by atoms with van der Waals surface area (Å²) in [6.45, 7) is 0.128. The third-order valence-corrected chi connectivity index (χ3v) is 1.95. The summed E-state index contributed by atoms with van der Waals surface area (Å²) in [4.78, 5) is 0. The first kappa shape index (κ1) is 10.2. The first-order valence-corrected chi connectivity index (χ1v) is 4.36. The maximum Gasteiger partial charge on any atom is 0.123 e. The predicted octanol–water partition coefficient (Wildman–Crippen LogP) is 1.60. The first-order valence-electron chi connectivity index (χ1n) is 4.36. The zero-order chi connectivity index (χ0) is 9.68. The molecule has 0 saturated carbocycles. The number of hydrogen-bond donors (Lipinski definition) is 2. The van der Waals surface area contributed by atoms with Gasteiger partial charge in [0.1, 0.15) is 5.82 Å². The number of aliphatic hydroxyl groups excluding tert-OH is 1. The maximum atomic E-state index is 12.7. The van der Waals surface area contributed by atoms with E-state index in [0.29, 0.717) is 12.8 Å². The van der Waals surface area contributed by atoms with Gasteiger partial charge in [0.25, 0.3) is 0 Å². The normalized spacial score (nSPS) is 12.8. The summed E-state index contributed by atoms with van der Waals surface area (Å²) in [6, 6.07) is 6.08. The van der Waals surface area contributed by atoms with Crippen LogP contribution in [0.4, 0.5) is 4.39 Å². The van der Waals surface area contributed by atoms with E-state index in [0.717, 1.165) is 5.56 Å². The minimum absolute atomic E-state index is 0.128. The van der Waals surface area contributed by atoms with Gasteiger partial charge in [-0.2, -0.15) is 0 Å².